The van der Waals surface area contributed by atoms with Crippen LogP contribution < -0.4 is 10.2 Å². The van der Waals surface area contributed by atoms with Crippen LogP contribution >= 0.6 is 11.8 Å². The molecule has 0 aliphatic rings. The lowest BCUT2D eigenvalue weighted by Crippen LogP contribution is -2.43. The summed E-state index contributed by atoms with van der Waals surface area (Å²) in [6.07, 6.45) is -0.200. The highest BCUT2D eigenvalue weighted by Crippen LogP contribution is 2.29. The van der Waals surface area contributed by atoms with E-state index in [0.29, 0.717) is 6.42 Å². The summed E-state index contributed by atoms with van der Waals surface area (Å²) in [6.45, 7) is 6.06. The lowest BCUT2D eigenvalue weighted by molar-refractivity contribution is -0.122. The number of benzene rings is 2. The van der Waals surface area contributed by atoms with Crippen molar-refractivity contribution in [2.45, 2.75) is 44.7 Å². The number of carbonyl (C=O) groups is 2. The highest BCUT2D eigenvalue weighted by molar-refractivity contribution is 8.12. The average molecular weight is 499 g/mol. The molecule has 10 heteroatoms. The summed E-state index contributed by atoms with van der Waals surface area (Å²) in [4.78, 5) is 27.8. The molecule has 2 aromatic rings. The molecule has 2 aromatic carbocycles. The summed E-state index contributed by atoms with van der Waals surface area (Å²) in [6, 6.07) is 12.9. The lowest BCUT2D eigenvalue weighted by atomic mass is 10.1. The van der Waals surface area contributed by atoms with Gasteiger partial charge in [-0.2, -0.15) is 0 Å². The molecular weight excluding hydrogens is 464 g/mol. The van der Waals surface area contributed by atoms with Gasteiger partial charge < -0.3 is 15.0 Å². The molecule has 1 unspecified atom stereocenters. The molecule has 0 bridgehead atoms. The number of likely N-dealkylation sites (N-methyl/N-ethyl adjacent to an activating group) is 1. The highest BCUT2D eigenvalue weighted by Gasteiger charge is 2.20. The molecule has 0 heterocycles. The minimum atomic E-state index is -0.675. The van der Waals surface area contributed by atoms with Gasteiger partial charge in [-0.25, -0.2) is 4.79 Å². The van der Waals surface area contributed by atoms with E-state index in [4.69, 9.17) is 4.74 Å². The first kappa shape index (κ1) is 27.8. The predicted molar refractivity (Wildman–Crippen MR) is 141 cm³/mol. The normalized spacial score (nSPS) is 12.1. The molecule has 0 radical (unpaired) electrons. The molecule has 0 aliphatic heterocycles. The number of ether oxygens (including phenoxy) is 1. The quantitative estimate of drug-likeness (QED) is 0.146. The van der Waals surface area contributed by atoms with E-state index in [0.717, 1.165) is 27.3 Å². The maximum Gasteiger partial charge on any atom is 0.408 e. The van der Waals surface area contributed by atoms with Gasteiger partial charge in [-0.3, -0.25) is 9.80 Å². The number of anilines is 1. The molecular formula is C25H34N6O3S. The van der Waals surface area contributed by atoms with Crippen LogP contribution in [-0.2, 0) is 16.1 Å². The molecule has 0 saturated heterocycles. The van der Waals surface area contributed by atoms with Crippen LogP contribution in [0.4, 0.5) is 10.5 Å². The molecule has 1 atom stereocenters. The zero-order valence-corrected chi connectivity index (χ0v) is 22.0. The van der Waals surface area contributed by atoms with E-state index in [1.165, 1.54) is 16.8 Å². The molecule has 0 spiro atoms. The van der Waals surface area contributed by atoms with Crippen molar-refractivity contribution in [1.82, 2.24) is 10.3 Å². The monoisotopic (exact) mass is 498 g/mol. The van der Waals surface area contributed by atoms with Crippen LogP contribution in [0.3, 0.4) is 0 Å². The van der Waals surface area contributed by atoms with E-state index in [9.17, 15) is 9.59 Å². The number of alkyl carbamates (subject to hydrolysis) is 1. The molecule has 1 N–H and O–H groups in total. The van der Waals surface area contributed by atoms with Gasteiger partial charge in [-0.1, -0.05) is 54.2 Å². The number of Topliss-reactive ketones (excluding diaryl/α,β-unsaturated/α-hetero) is 1. The minimum absolute atomic E-state index is 0.0200. The van der Waals surface area contributed by atoms with E-state index in [-0.39, 0.29) is 18.9 Å². The maximum atomic E-state index is 12.6. The molecule has 188 valence electrons. The Labute approximate surface area is 211 Å². The summed E-state index contributed by atoms with van der Waals surface area (Å²) in [7, 11) is 5.65. The van der Waals surface area contributed by atoms with Gasteiger partial charge in [0.2, 0.25) is 0 Å². The Morgan fingerprint density at radius 2 is 1.77 bits per heavy atom. The largest absolute Gasteiger partial charge is 0.445 e. The summed E-state index contributed by atoms with van der Waals surface area (Å²) in [5, 5.41) is 15.7. The molecule has 9 nitrogen and oxygen atoms in total. The van der Waals surface area contributed by atoms with E-state index in [1.54, 1.807) is 12.6 Å². The minimum Gasteiger partial charge on any atom is -0.445 e. The van der Waals surface area contributed by atoms with Crippen LogP contribution in [0.1, 0.15) is 30.0 Å². The third-order valence-electron chi connectivity index (χ3n) is 5.11. The second-order valence-electron chi connectivity index (χ2n) is 8.27. The van der Waals surface area contributed by atoms with Gasteiger partial charge >= 0.3 is 6.09 Å². The van der Waals surface area contributed by atoms with Gasteiger partial charge in [0, 0.05) is 31.7 Å². The van der Waals surface area contributed by atoms with Gasteiger partial charge in [0.25, 0.3) is 0 Å². The third-order valence-corrected chi connectivity index (χ3v) is 6.19. The van der Waals surface area contributed by atoms with Crippen molar-refractivity contribution >= 4 is 34.9 Å². The maximum absolute atomic E-state index is 12.6. The third kappa shape index (κ3) is 9.40. The fraction of sp³-hybridized carbons (Fsp3) is 0.400. The number of amides is 1. The fourth-order valence-electron chi connectivity index (χ4n) is 3.24. The van der Waals surface area contributed by atoms with E-state index in [2.05, 4.69) is 51.7 Å². The van der Waals surface area contributed by atoms with Crippen LogP contribution in [0.15, 0.2) is 62.9 Å². The Bertz CT molecular complexity index is 1020. The first-order valence-electron chi connectivity index (χ1n) is 11.3. The SMILES string of the molecule is CCC(NC(=O)OCc1ccccc1)C(=O)CN(C)/N=N\N=C\Sc1c(C)cc(N(C)C)cc1C. The zero-order valence-electron chi connectivity index (χ0n) is 21.2. The van der Waals surface area contributed by atoms with Crippen LogP contribution in [0.2, 0.25) is 0 Å². The van der Waals surface area contributed by atoms with Gasteiger partial charge in [-0.05, 0) is 54.3 Å². The van der Waals surface area contributed by atoms with Crippen molar-refractivity contribution in [1.29, 1.82) is 0 Å². The number of nitrogens with zero attached hydrogens (tertiary/aromatic N) is 5. The van der Waals surface area contributed by atoms with Crippen LogP contribution in [0.5, 0.6) is 0 Å². The summed E-state index contributed by atoms with van der Waals surface area (Å²) < 4.78 is 5.20. The summed E-state index contributed by atoms with van der Waals surface area (Å²) in [5.41, 5.74) is 5.95. The topological polar surface area (TPSA) is 99.0 Å². The second-order valence-corrected chi connectivity index (χ2v) is 9.12. The Morgan fingerprint density at radius 1 is 1.11 bits per heavy atom. The van der Waals surface area contributed by atoms with Crippen molar-refractivity contribution in [3.63, 3.8) is 0 Å². The van der Waals surface area contributed by atoms with Gasteiger partial charge in [0.05, 0.1) is 18.1 Å². The molecule has 0 fully saturated rings. The number of nitrogens with one attached hydrogen (secondary N) is 1. The summed E-state index contributed by atoms with van der Waals surface area (Å²) >= 11 is 1.47. The Hall–Kier alpha value is -3.40. The average Bonchev–Trinajstić information content (AvgIpc) is 2.82. The zero-order chi connectivity index (χ0) is 25.8. The van der Waals surface area contributed by atoms with Gasteiger partial charge in [0.1, 0.15) is 6.61 Å². The molecule has 0 saturated carbocycles. The van der Waals surface area contributed by atoms with E-state index in [1.807, 2.05) is 51.4 Å². The number of hydrogen-bond donors (Lipinski definition) is 1. The highest BCUT2D eigenvalue weighted by atomic mass is 32.2. The van der Waals surface area contributed by atoms with Crippen molar-refractivity contribution in [3.8, 4) is 0 Å². The van der Waals surface area contributed by atoms with Crippen molar-refractivity contribution in [2.75, 3.05) is 32.6 Å². The molecule has 2 rings (SSSR count). The van der Waals surface area contributed by atoms with Crippen molar-refractivity contribution in [2.24, 2.45) is 15.5 Å². The van der Waals surface area contributed by atoms with Crippen LogP contribution in [0.25, 0.3) is 0 Å². The molecule has 1 amide bonds. The molecule has 0 aliphatic carbocycles. The van der Waals surface area contributed by atoms with E-state index >= 15 is 0 Å². The molecule has 35 heavy (non-hydrogen) atoms. The Morgan fingerprint density at radius 3 is 2.37 bits per heavy atom. The van der Waals surface area contributed by atoms with E-state index < -0.39 is 12.1 Å². The van der Waals surface area contributed by atoms with Crippen molar-refractivity contribution in [3.05, 3.63) is 59.2 Å². The predicted octanol–water partition coefficient (Wildman–Crippen LogP) is 4.98. The van der Waals surface area contributed by atoms with Crippen molar-refractivity contribution < 1.29 is 14.3 Å². The summed E-state index contributed by atoms with van der Waals surface area (Å²) in [5.74, 6) is -0.198. The first-order valence-corrected chi connectivity index (χ1v) is 12.2. The Kier molecular flexibility index (Phi) is 11.2. The van der Waals surface area contributed by atoms with Crippen LogP contribution in [-0.4, -0.2) is 56.2 Å². The van der Waals surface area contributed by atoms with Crippen LogP contribution in [0, 0.1) is 13.8 Å². The van der Waals surface area contributed by atoms with Gasteiger partial charge in [-0.15, -0.1) is 5.10 Å². The number of rotatable bonds is 12. The number of ketones is 1. The van der Waals surface area contributed by atoms with Gasteiger partial charge in [0.15, 0.2) is 5.78 Å². The number of carbonyl (C=O) groups excluding carboxylic acids is 2. The standard InChI is InChI=1S/C25H34N6O3S/c1-7-22(27-25(33)34-16-20-11-9-8-10-12-20)23(32)15-31(6)29-28-26-17-35-24-18(2)13-21(30(4)5)14-19(24)3/h8-14,17,22H,7,15-16H2,1-6H3,(H,27,33)/b26-17+,29-28-. The molecule has 0 aromatic heterocycles. The second kappa shape index (κ2) is 14.1. The number of hydrogen-bond acceptors (Lipinski definition) is 7. The smallest absolute Gasteiger partial charge is 0.408 e. The number of aryl methyl sites for hydroxylation is 2. The number of thioether (sulfide) groups is 1. The Balaban J connectivity index is 1.80. The fourth-order valence-corrected chi connectivity index (χ4v) is 3.93. The first-order chi connectivity index (χ1) is 16.7. The lowest BCUT2D eigenvalue weighted by Gasteiger charge is -2.18.